The third kappa shape index (κ3) is 65.9. The molecule has 0 aliphatic carbocycles. The van der Waals surface area contributed by atoms with Crippen molar-refractivity contribution in [2.75, 3.05) is 13.2 Å². The molecule has 0 aromatic heterocycles. The van der Waals surface area contributed by atoms with E-state index in [1.807, 2.05) is 0 Å². The smallest absolute Gasteiger partial charge is 0.306 e. The summed E-state index contributed by atoms with van der Waals surface area (Å²) in [5.74, 6) is -0.838. The first-order chi connectivity index (χ1) is 39.5. The molecule has 466 valence electrons. The lowest BCUT2D eigenvalue weighted by molar-refractivity contribution is -0.167. The Labute approximate surface area is 498 Å². The van der Waals surface area contributed by atoms with E-state index in [-0.39, 0.29) is 31.1 Å². The van der Waals surface area contributed by atoms with Gasteiger partial charge in [-0.25, -0.2) is 0 Å². The van der Waals surface area contributed by atoms with Crippen molar-refractivity contribution >= 4 is 17.9 Å². The van der Waals surface area contributed by atoms with Gasteiger partial charge in [-0.1, -0.05) is 351 Å². The molecule has 0 bridgehead atoms. The van der Waals surface area contributed by atoms with Gasteiger partial charge < -0.3 is 14.2 Å². The average Bonchev–Trinajstić information content (AvgIpc) is 3.46. The Hall–Kier alpha value is -2.89. The molecule has 0 rings (SSSR count). The van der Waals surface area contributed by atoms with Gasteiger partial charge in [-0.2, -0.15) is 0 Å². The summed E-state index contributed by atoms with van der Waals surface area (Å²) < 4.78 is 17.0. The van der Waals surface area contributed by atoms with Crippen LogP contribution in [0.2, 0.25) is 0 Å². The van der Waals surface area contributed by atoms with Crippen LogP contribution in [0.5, 0.6) is 0 Å². The van der Waals surface area contributed by atoms with Crippen LogP contribution in [-0.2, 0) is 28.6 Å². The quantitative estimate of drug-likeness (QED) is 0.0261. The maximum atomic E-state index is 12.9. The predicted molar refractivity (Wildman–Crippen MR) is 348 cm³/mol. The number of hydrogen-bond donors (Lipinski definition) is 0. The van der Waals surface area contributed by atoms with E-state index < -0.39 is 6.10 Å². The highest BCUT2D eigenvalue weighted by Gasteiger charge is 2.19. The standard InChI is InChI=1S/C74H134O6/c1-4-7-10-13-16-19-22-25-28-29-30-31-32-33-34-35-36-37-38-39-40-41-42-43-44-45-47-49-52-55-58-61-64-67-73(76)79-70-71(69-78-72(75)66-63-60-57-54-51-48-27-24-21-18-15-12-9-6-3)80-74(77)68-65-62-59-56-53-50-46-26-23-20-17-14-11-8-5-2/h7,10,16,19,25,28,30-31,33-34,71H,4-6,8-9,11-15,17-18,20-24,26-27,29,32,35-70H2,1-3H3/b10-7-,19-16-,28-25-,31-30-,34-33-. The van der Waals surface area contributed by atoms with E-state index in [4.69, 9.17) is 14.2 Å². The van der Waals surface area contributed by atoms with Gasteiger partial charge in [0.1, 0.15) is 13.2 Å². The van der Waals surface area contributed by atoms with Gasteiger partial charge in [0.25, 0.3) is 0 Å². The minimum atomic E-state index is -0.768. The van der Waals surface area contributed by atoms with Crippen LogP contribution >= 0.6 is 0 Å². The first-order valence-electron chi connectivity index (χ1n) is 35.3. The van der Waals surface area contributed by atoms with Gasteiger partial charge in [-0.05, 0) is 64.2 Å². The van der Waals surface area contributed by atoms with E-state index in [9.17, 15) is 14.4 Å². The molecule has 0 N–H and O–H groups in total. The summed E-state index contributed by atoms with van der Waals surface area (Å²) in [6.45, 7) is 6.59. The summed E-state index contributed by atoms with van der Waals surface area (Å²) in [7, 11) is 0. The van der Waals surface area contributed by atoms with Crippen LogP contribution in [0.1, 0.15) is 374 Å². The topological polar surface area (TPSA) is 78.9 Å². The van der Waals surface area contributed by atoms with Crippen LogP contribution in [0, 0.1) is 0 Å². The lowest BCUT2D eigenvalue weighted by Gasteiger charge is -2.18. The van der Waals surface area contributed by atoms with Crippen LogP contribution in [-0.4, -0.2) is 37.2 Å². The van der Waals surface area contributed by atoms with Crippen molar-refractivity contribution < 1.29 is 28.6 Å². The summed E-state index contributed by atoms with van der Waals surface area (Å²) in [4.78, 5) is 38.4. The largest absolute Gasteiger partial charge is 0.462 e. The van der Waals surface area contributed by atoms with Gasteiger partial charge in [-0.3, -0.25) is 14.4 Å². The van der Waals surface area contributed by atoms with Crippen molar-refractivity contribution in [1.29, 1.82) is 0 Å². The summed E-state index contributed by atoms with van der Waals surface area (Å²) in [5, 5.41) is 0. The van der Waals surface area contributed by atoms with Gasteiger partial charge in [-0.15, -0.1) is 0 Å². The highest BCUT2D eigenvalue weighted by atomic mass is 16.6. The highest BCUT2D eigenvalue weighted by Crippen LogP contribution is 2.18. The molecular formula is C74H134O6. The molecule has 0 fully saturated rings. The molecule has 6 nitrogen and oxygen atoms in total. The molecule has 1 unspecified atom stereocenters. The number of carbonyl (C=O) groups excluding carboxylic acids is 3. The second-order valence-corrected chi connectivity index (χ2v) is 23.8. The molecule has 0 spiro atoms. The summed E-state index contributed by atoms with van der Waals surface area (Å²) >= 11 is 0. The summed E-state index contributed by atoms with van der Waals surface area (Å²) in [6.07, 6.45) is 88.2. The maximum absolute atomic E-state index is 12.9. The van der Waals surface area contributed by atoms with Crippen molar-refractivity contribution in [2.45, 2.75) is 380 Å². The predicted octanol–water partition coefficient (Wildman–Crippen LogP) is 24.3. The molecule has 0 aliphatic rings. The van der Waals surface area contributed by atoms with Crippen LogP contribution in [0.4, 0.5) is 0 Å². The van der Waals surface area contributed by atoms with E-state index in [0.717, 1.165) is 89.9 Å². The number of esters is 3. The maximum Gasteiger partial charge on any atom is 0.306 e. The lowest BCUT2D eigenvalue weighted by atomic mass is 10.0. The van der Waals surface area contributed by atoms with Crippen LogP contribution in [0.15, 0.2) is 60.8 Å². The fourth-order valence-corrected chi connectivity index (χ4v) is 10.5. The molecule has 0 radical (unpaired) electrons. The first-order valence-corrected chi connectivity index (χ1v) is 35.3. The van der Waals surface area contributed by atoms with E-state index >= 15 is 0 Å². The molecule has 1 atom stereocenters. The van der Waals surface area contributed by atoms with Crippen molar-refractivity contribution in [3.63, 3.8) is 0 Å². The number of unbranched alkanes of at least 4 members (excludes halogenated alkanes) is 44. The first kappa shape index (κ1) is 77.1. The molecular weight excluding hydrogens is 985 g/mol. The van der Waals surface area contributed by atoms with Crippen LogP contribution in [0.3, 0.4) is 0 Å². The third-order valence-electron chi connectivity index (χ3n) is 15.8. The molecule has 0 aromatic rings. The second kappa shape index (κ2) is 68.6. The molecule has 0 saturated carbocycles. The monoisotopic (exact) mass is 1120 g/mol. The highest BCUT2D eigenvalue weighted by molar-refractivity contribution is 5.71. The van der Waals surface area contributed by atoms with Gasteiger partial charge >= 0.3 is 17.9 Å². The Balaban J connectivity index is 4.13. The molecule has 0 heterocycles. The lowest BCUT2D eigenvalue weighted by Crippen LogP contribution is -2.30. The van der Waals surface area contributed by atoms with Crippen LogP contribution < -0.4 is 0 Å². The average molecular weight is 1120 g/mol. The zero-order valence-electron chi connectivity index (χ0n) is 53.6. The Morgan fingerprint density at radius 1 is 0.263 bits per heavy atom. The van der Waals surface area contributed by atoms with E-state index in [2.05, 4.69) is 81.5 Å². The van der Waals surface area contributed by atoms with E-state index in [0.29, 0.717) is 19.3 Å². The van der Waals surface area contributed by atoms with Crippen LogP contribution in [0.25, 0.3) is 0 Å². The molecule has 0 amide bonds. The van der Waals surface area contributed by atoms with Crippen molar-refractivity contribution in [1.82, 2.24) is 0 Å². The molecule has 6 heteroatoms. The van der Waals surface area contributed by atoms with Crippen molar-refractivity contribution in [3.05, 3.63) is 60.8 Å². The fraction of sp³-hybridized carbons (Fsp3) is 0.824. The Kier molecular flexibility index (Phi) is 66.1. The Morgan fingerprint density at radius 2 is 0.487 bits per heavy atom. The fourth-order valence-electron chi connectivity index (χ4n) is 10.5. The summed E-state index contributed by atoms with van der Waals surface area (Å²) in [5.41, 5.74) is 0. The number of ether oxygens (including phenoxy) is 3. The number of carbonyl (C=O) groups is 3. The van der Waals surface area contributed by atoms with Crippen molar-refractivity contribution in [3.8, 4) is 0 Å². The van der Waals surface area contributed by atoms with E-state index in [1.165, 1.54) is 244 Å². The van der Waals surface area contributed by atoms with Crippen molar-refractivity contribution in [2.24, 2.45) is 0 Å². The SMILES string of the molecule is CC/C=C\C/C=C\C/C=C\C/C=C\C/C=C\CCCCCCCCCCCCCCCCCCCC(=O)OCC(COC(=O)CCCCCCCCCCCCCCCC)OC(=O)CCCCCCCCCCCCCCCCC. The zero-order valence-corrected chi connectivity index (χ0v) is 53.6. The van der Waals surface area contributed by atoms with Gasteiger partial charge in [0, 0.05) is 19.3 Å². The molecule has 80 heavy (non-hydrogen) atoms. The molecule has 0 saturated heterocycles. The normalized spacial score (nSPS) is 12.4. The second-order valence-electron chi connectivity index (χ2n) is 23.8. The minimum absolute atomic E-state index is 0.0658. The minimum Gasteiger partial charge on any atom is -0.462 e. The number of allylic oxidation sites excluding steroid dienone is 10. The number of hydrogen-bond acceptors (Lipinski definition) is 6. The Morgan fingerprint density at radius 3 is 0.762 bits per heavy atom. The third-order valence-corrected chi connectivity index (χ3v) is 15.8. The molecule has 0 aliphatic heterocycles. The summed E-state index contributed by atoms with van der Waals surface area (Å²) in [6, 6.07) is 0. The van der Waals surface area contributed by atoms with Gasteiger partial charge in [0.05, 0.1) is 0 Å². The Bertz CT molecular complexity index is 1430. The zero-order chi connectivity index (χ0) is 57.8. The number of rotatable bonds is 65. The molecule has 0 aromatic carbocycles. The van der Waals surface area contributed by atoms with Gasteiger partial charge in [0.2, 0.25) is 0 Å². The van der Waals surface area contributed by atoms with Gasteiger partial charge in [0.15, 0.2) is 6.10 Å². The van der Waals surface area contributed by atoms with E-state index in [1.54, 1.807) is 0 Å².